The molecule has 1 aliphatic rings. The van der Waals surface area contributed by atoms with Crippen LogP contribution in [-0.4, -0.2) is 41.9 Å². The fraction of sp³-hybridized carbons (Fsp3) is 0.600. The first-order valence-corrected chi connectivity index (χ1v) is 9.26. The second kappa shape index (κ2) is 8.99. The zero-order valence-electron chi connectivity index (χ0n) is 15.8. The highest BCUT2D eigenvalue weighted by atomic mass is 16.2. The average Bonchev–Trinajstić information content (AvgIpc) is 2.60. The van der Waals surface area contributed by atoms with E-state index in [1.54, 1.807) is 6.92 Å². The summed E-state index contributed by atoms with van der Waals surface area (Å²) in [5.41, 5.74) is 2.33. The number of amides is 2. The van der Waals surface area contributed by atoms with Crippen LogP contribution in [0.3, 0.4) is 0 Å². The third kappa shape index (κ3) is 5.30. The molecule has 0 spiro atoms. The Labute approximate surface area is 151 Å². The van der Waals surface area contributed by atoms with Crippen LogP contribution in [0.5, 0.6) is 0 Å². The van der Waals surface area contributed by atoms with Crippen molar-refractivity contribution in [2.24, 2.45) is 5.92 Å². The van der Waals surface area contributed by atoms with Gasteiger partial charge < -0.3 is 15.5 Å². The number of hydrogen-bond acceptors (Lipinski definition) is 3. The van der Waals surface area contributed by atoms with Crippen molar-refractivity contribution in [3.63, 3.8) is 0 Å². The van der Waals surface area contributed by atoms with Crippen molar-refractivity contribution in [1.82, 2.24) is 15.5 Å². The topological polar surface area (TPSA) is 61.4 Å². The van der Waals surface area contributed by atoms with Crippen LogP contribution < -0.4 is 10.6 Å². The maximum atomic E-state index is 12.4. The van der Waals surface area contributed by atoms with Gasteiger partial charge in [-0.15, -0.1) is 0 Å². The Hall–Kier alpha value is -1.88. The maximum Gasteiger partial charge on any atom is 0.237 e. The summed E-state index contributed by atoms with van der Waals surface area (Å²) in [7, 11) is 0. The third-order valence-corrected chi connectivity index (χ3v) is 5.28. The molecule has 2 amide bonds. The molecule has 1 fully saturated rings. The fourth-order valence-electron chi connectivity index (χ4n) is 3.49. The van der Waals surface area contributed by atoms with Gasteiger partial charge in [0.1, 0.15) is 0 Å². The van der Waals surface area contributed by atoms with Crippen LogP contribution in [0.15, 0.2) is 24.3 Å². The summed E-state index contributed by atoms with van der Waals surface area (Å²) in [5.74, 6) is 0.553. The number of hydrogen-bond donors (Lipinski definition) is 2. The van der Waals surface area contributed by atoms with Crippen molar-refractivity contribution in [3.05, 3.63) is 35.4 Å². The van der Waals surface area contributed by atoms with Crippen LogP contribution >= 0.6 is 0 Å². The zero-order chi connectivity index (χ0) is 18.4. The number of nitrogens with zero attached hydrogens (tertiary/aromatic N) is 1. The summed E-state index contributed by atoms with van der Waals surface area (Å²) in [6.45, 7) is 9.84. The molecule has 25 heavy (non-hydrogen) atoms. The Morgan fingerprint density at radius 1 is 1.32 bits per heavy atom. The fourth-order valence-corrected chi connectivity index (χ4v) is 3.49. The third-order valence-electron chi connectivity index (χ3n) is 5.28. The van der Waals surface area contributed by atoms with Gasteiger partial charge >= 0.3 is 0 Å². The van der Waals surface area contributed by atoms with Crippen LogP contribution in [0.2, 0.25) is 0 Å². The molecule has 0 radical (unpaired) electrons. The number of carbonyl (C=O) groups excluding carboxylic acids is 2. The molecule has 5 heteroatoms. The van der Waals surface area contributed by atoms with Gasteiger partial charge in [-0.1, -0.05) is 37.6 Å². The van der Waals surface area contributed by atoms with Crippen molar-refractivity contribution in [3.8, 4) is 0 Å². The minimum Gasteiger partial charge on any atom is -0.351 e. The van der Waals surface area contributed by atoms with Gasteiger partial charge in [-0.25, -0.2) is 0 Å². The minimum absolute atomic E-state index is 0.0205. The van der Waals surface area contributed by atoms with E-state index >= 15 is 0 Å². The van der Waals surface area contributed by atoms with E-state index in [4.69, 9.17) is 0 Å². The summed E-state index contributed by atoms with van der Waals surface area (Å²) in [6.07, 6.45) is 1.90. The van der Waals surface area contributed by atoms with Crippen LogP contribution in [0, 0.1) is 12.8 Å². The first-order valence-electron chi connectivity index (χ1n) is 9.26. The number of rotatable bonds is 6. The second-order valence-electron chi connectivity index (χ2n) is 7.06. The lowest BCUT2D eigenvalue weighted by Gasteiger charge is -2.39. The number of aryl methyl sites for hydroxylation is 1. The molecule has 1 aromatic carbocycles. The predicted octanol–water partition coefficient (Wildman–Crippen LogP) is 2.24. The Balaban J connectivity index is 1.85. The van der Waals surface area contributed by atoms with E-state index in [0.717, 1.165) is 31.5 Å². The highest BCUT2D eigenvalue weighted by Crippen LogP contribution is 2.21. The average molecular weight is 345 g/mol. The maximum absolute atomic E-state index is 12.4. The van der Waals surface area contributed by atoms with E-state index in [2.05, 4.69) is 30.5 Å². The molecule has 0 saturated carbocycles. The van der Waals surface area contributed by atoms with Gasteiger partial charge in [0, 0.05) is 32.6 Å². The van der Waals surface area contributed by atoms with Crippen molar-refractivity contribution < 1.29 is 9.59 Å². The Bertz CT molecular complexity index is 602. The Morgan fingerprint density at radius 2 is 2.04 bits per heavy atom. The quantitative estimate of drug-likeness (QED) is 0.831. The van der Waals surface area contributed by atoms with E-state index in [9.17, 15) is 9.59 Å². The van der Waals surface area contributed by atoms with Gasteiger partial charge in [-0.05, 0) is 37.3 Å². The van der Waals surface area contributed by atoms with Crippen molar-refractivity contribution in [2.45, 2.75) is 59.2 Å². The van der Waals surface area contributed by atoms with Crippen molar-refractivity contribution in [1.29, 1.82) is 0 Å². The van der Waals surface area contributed by atoms with Gasteiger partial charge in [-0.2, -0.15) is 0 Å². The smallest absolute Gasteiger partial charge is 0.237 e. The summed E-state index contributed by atoms with van der Waals surface area (Å²) in [6, 6.07) is 8.12. The van der Waals surface area contributed by atoms with Gasteiger partial charge in [0.2, 0.25) is 11.8 Å². The SMILES string of the molecule is CCC1CN(C(C)=O)CCC1NC(C)C(=O)NCc1ccccc1C. The molecule has 1 aliphatic heterocycles. The Kier molecular flexibility index (Phi) is 7.00. The molecule has 0 bridgehead atoms. The second-order valence-corrected chi connectivity index (χ2v) is 7.06. The van der Waals surface area contributed by atoms with E-state index in [1.165, 1.54) is 5.56 Å². The molecule has 2 N–H and O–H groups in total. The largest absolute Gasteiger partial charge is 0.351 e. The van der Waals surface area contributed by atoms with Gasteiger partial charge in [-0.3, -0.25) is 9.59 Å². The standard InChI is InChI=1S/C20H31N3O2/c1-5-17-13-23(16(4)24)11-10-19(17)22-15(3)20(25)21-12-18-9-7-6-8-14(18)2/h6-9,15,17,19,22H,5,10-13H2,1-4H3,(H,21,25). The van der Waals surface area contributed by atoms with Crippen molar-refractivity contribution in [2.75, 3.05) is 13.1 Å². The molecule has 2 rings (SSSR count). The highest BCUT2D eigenvalue weighted by Gasteiger charge is 2.30. The molecule has 3 unspecified atom stereocenters. The molecule has 0 aromatic heterocycles. The normalized spacial score (nSPS) is 21.7. The Morgan fingerprint density at radius 3 is 2.68 bits per heavy atom. The number of nitrogens with one attached hydrogen (secondary N) is 2. The number of carbonyl (C=O) groups is 2. The van der Waals surface area contributed by atoms with Gasteiger partial charge in [0.25, 0.3) is 0 Å². The first-order chi connectivity index (χ1) is 11.9. The molecule has 1 heterocycles. The van der Waals surface area contributed by atoms with E-state index < -0.39 is 0 Å². The molecule has 0 aliphatic carbocycles. The lowest BCUT2D eigenvalue weighted by atomic mass is 9.89. The summed E-state index contributed by atoms with van der Waals surface area (Å²) in [4.78, 5) is 25.9. The molecule has 3 atom stereocenters. The van der Waals surface area contributed by atoms with Crippen LogP contribution in [-0.2, 0) is 16.1 Å². The highest BCUT2D eigenvalue weighted by molar-refractivity contribution is 5.81. The summed E-state index contributed by atoms with van der Waals surface area (Å²) < 4.78 is 0. The molecule has 5 nitrogen and oxygen atoms in total. The van der Waals surface area contributed by atoms with Crippen LogP contribution in [0.4, 0.5) is 0 Å². The van der Waals surface area contributed by atoms with Crippen LogP contribution in [0.1, 0.15) is 44.7 Å². The van der Waals surface area contributed by atoms with E-state index in [0.29, 0.717) is 12.5 Å². The van der Waals surface area contributed by atoms with Crippen LogP contribution in [0.25, 0.3) is 0 Å². The number of piperidine rings is 1. The monoisotopic (exact) mass is 345 g/mol. The first kappa shape index (κ1) is 19.4. The van der Waals surface area contributed by atoms with Gasteiger partial charge in [0.05, 0.1) is 6.04 Å². The van der Waals surface area contributed by atoms with Crippen molar-refractivity contribution >= 4 is 11.8 Å². The molecular formula is C20H31N3O2. The van der Waals surface area contributed by atoms with E-state index in [1.807, 2.05) is 30.0 Å². The molecule has 1 saturated heterocycles. The number of benzene rings is 1. The lowest BCUT2D eigenvalue weighted by Crippen LogP contribution is -2.55. The van der Waals surface area contributed by atoms with E-state index in [-0.39, 0.29) is 23.9 Å². The molecular weight excluding hydrogens is 314 g/mol. The molecule has 138 valence electrons. The minimum atomic E-state index is -0.244. The number of likely N-dealkylation sites (tertiary alicyclic amines) is 1. The summed E-state index contributed by atoms with van der Waals surface area (Å²) in [5, 5.41) is 6.50. The lowest BCUT2D eigenvalue weighted by molar-refractivity contribution is -0.131. The predicted molar refractivity (Wildman–Crippen MR) is 100 cm³/mol. The zero-order valence-corrected chi connectivity index (χ0v) is 15.8. The van der Waals surface area contributed by atoms with Gasteiger partial charge in [0.15, 0.2) is 0 Å². The summed E-state index contributed by atoms with van der Waals surface area (Å²) >= 11 is 0. The molecule has 1 aromatic rings.